The summed E-state index contributed by atoms with van der Waals surface area (Å²) in [6.45, 7) is 3.38. The van der Waals surface area contributed by atoms with Gasteiger partial charge in [0.15, 0.2) is 0 Å². The SMILES string of the molecule is CNCCC(=O)NCC(c1ccccc1)N1CCc2sccc2C1.Cl.Cl. The van der Waals surface area contributed by atoms with Gasteiger partial charge in [-0.2, -0.15) is 0 Å². The third-order valence-electron chi connectivity index (χ3n) is 4.56. The monoisotopic (exact) mass is 415 g/mol. The first kappa shape index (κ1) is 22.9. The number of carbonyl (C=O) groups is 1. The summed E-state index contributed by atoms with van der Waals surface area (Å²) in [6.07, 6.45) is 1.62. The Balaban J connectivity index is 0.00000169. The molecule has 3 rings (SSSR count). The number of fused-ring (bicyclic) bond motifs is 1. The number of nitrogens with zero attached hydrogens (tertiary/aromatic N) is 1. The van der Waals surface area contributed by atoms with Gasteiger partial charge in [0.2, 0.25) is 5.91 Å². The number of thiophene rings is 1. The fourth-order valence-corrected chi connectivity index (χ4v) is 4.10. The lowest BCUT2D eigenvalue weighted by Crippen LogP contribution is -2.40. The van der Waals surface area contributed by atoms with Crippen LogP contribution in [-0.4, -0.2) is 37.5 Å². The zero-order chi connectivity index (χ0) is 16.8. The topological polar surface area (TPSA) is 44.4 Å². The highest BCUT2D eigenvalue weighted by atomic mass is 35.5. The molecule has 2 aromatic rings. The van der Waals surface area contributed by atoms with Gasteiger partial charge in [-0.05, 0) is 36.0 Å². The van der Waals surface area contributed by atoms with Crippen molar-refractivity contribution in [1.82, 2.24) is 15.5 Å². The Bertz CT molecular complexity index is 666. The first-order valence-corrected chi connectivity index (χ1v) is 9.41. The van der Waals surface area contributed by atoms with Crippen LogP contribution in [0.15, 0.2) is 41.8 Å². The predicted octanol–water partition coefficient (Wildman–Crippen LogP) is 3.42. The molecule has 0 bridgehead atoms. The van der Waals surface area contributed by atoms with Gasteiger partial charge in [-0.3, -0.25) is 9.69 Å². The molecule has 144 valence electrons. The number of rotatable bonds is 7. The third-order valence-corrected chi connectivity index (χ3v) is 5.58. The van der Waals surface area contributed by atoms with Crippen LogP contribution in [-0.2, 0) is 17.8 Å². The molecular formula is C19H27Cl2N3OS. The molecule has 1 aliphatic heterocycles. The second-order valence-electron chi connectivity index (χ2n) is 6.17. The van der Waals surface area contributed by atoms with Crippen molar-refractivity contribution in [3.8, 4) is 0 Å². The second-order valence-corrected chi connectivity index (χ2v) is 7.17. The third kappa shape index (κ3) is 5.96. The molecule has 1 atom stereocenters. The van der Waals surface area contributed by atoms with Crippen LogP contribution in [0.25, 0.3) is 0 Å². The van der Waals surface area contributed by atoms with Gasteiger partial charge in [-0.25, -0.2) is 0 Å². The maximum Gasteiger partial charge on any atom is 0.221 e. The summed E-state index contributed by atoms with van der Waals surface area (Å²) in [4.78, 5) is 16.0. The van der Waals surface area contributed by atoms with Crippen LogP contribution < -0.4 is 10.6 Å². The van der Waals surface area contributed by atoms with E-state index >= 15 is 0 Å². The minimum Gasteiger partial charge on any atom is -0.354 e. The van der Waals surface area contributed by atoms with Crippen LogP contribution in [0, 0.1) is 0 Å². The lowest BCUT2D eigenvalue weighted by molar-refractivity contribution is -0.121. The molecule has 1 unspecified atom stereocenters. The van der Waals surface area contributed by atoms with Crippen molar-refractivity contribution in [3.63, 3.8) is 0 Å². The molecular weight excluding hydrogens is 389 g/mol. The molecule has 26 heavy (non-hydrogen) atoms. The van der Waals surface area contributed by atoms with Crippen LogP contribution in [0.5, 0.6) is 0 Å². The van der Waals surface area contributed by atoms with E-state index in [0.29, 0.717) is 19.5 Å². The summed E-state index contributed by atoms with van der Waals surface area (Å²) in [5, 5.41) is 8.32. The average Bonchev–Trinajstić information content (AvgIpc) is 3.09. The van der Waals surface area contributed by atoms with E-state index in [9.17, 15) is 4.79 Å². The second kappa shape index (κ2) is 11.6. The van der Waals surface area contributed by atoms with E-state index in [0.717, 1.165) is 19.5 Å². The minimum atomic E-state index is 0. The van der Waals surface area contributed by atoms with Crippen molar-refractivity contribution in [2.24, 2.45) is 0 Å². The van der Waals surface area contributed by atoms with Gasteiger partial charge < -0.3 is 10.6 Å². The van der Waals surface area contributed by atoms with Crippen molar-refractivity contribution >= 4 is 42.1 Å². The van der Waals surface area contributed by atoms with E-state index in [1.165, 1.54) is 16.0 Å². The highest BCUT2D eigenvalue weighted by molar-refractivity contribution is 7.10. The Kier molecular flexibility index (Phi) is 10.2. The Labute approximate surface area is 172 Å². The van der Waals surface area contributed by atoms with E-state index < -0.39 is 0 Å². The molecule has 1 aliphatic rings. The highest BCUT2D eigenvalue weighted by Crippen LogP contribution is 2.30. The maximum absolute atomic E-state index is 12.0. The molecule has 1 aromatic heterocycles. The predicted molar refractivity (Wildman–Crippen MR) is 114 cm³/mol. The number of hydrogen-bond acceptors (Lipinski definition) is 4. The Hall–Kier alpha value is -1.11. The van der Waals surface area contributed by atoms with E-state index in [-0.39, 0.29) is 36.8 Å². The maximum atomic E-state index is 12.0. The fourth-order valence-electron chi connectivity index (χ4n) is 3.21. The van der Waals surface area contributed by atoms with Gasteiger partial charge in [0.05, 0.1) is 6.04 Å². The van der Waals surface area contributed by atoms with E-state index in [2.05, 4.69) is 51.2 Å². The van der Waals surface area contributed by atoms with Crippen molar-refractivity contribution in [2.45, 2.75) is 25.4 Å². The standard InChI is InChI=1S/C19H25N3OS.2ClH/c1-20-10-7-19(23)21-13-17(15-5-3-2-4-6-15)22-11-8-18-16(14-22)9-12-24-18;;/h2-6,9,12,17,20H,7-8,10-11,13-14H2,1H3,(H,21,23);2*1H. The molecule has 0 saturated carbocycles. The summed E-state index contributed by atoms with van der Waals surface area (Å²) in [5.74, 6) is 0.110. The average molecular weight is 416 g/mol. The summed E-state index contributed by atoms with van der Waals surface area (Å²) >= 11 is 1.86. The van der Waals surface area contributed by atoms with Crippen LogP contribution in [0.1, 0.15) is 28.5 Å². The van der Waals surface area contributed by atoms with E-state index in [1.807, 2.05) is 24.5 Å². The molecule has 0 aliphatic carbocycles. The molecule has 2 N–H and O–H groups in total. The molecule has 7 heteroatoms. The molecule has 0 fully saturated rings. The molecule has 4 nitrogen and oxygen atoms in total. The number of amides is 1. The van der Waals surface area contributed by atoms with Gasteiger partial charge in [0, 0.05) is 37.5 Å². The molecule has 1 aromatic carbocycles. The Morgan fingerprint density at radius 2 is 2.00 bits per heavy atom. The van der Waals surface area contributed by atoms with Gasteiger partial charge in [0.25, 0.3) is 0 Å². The Morgan fingerprint density at radius 3 is 2.73 bits per heavy atom. The summed E-state index contributed by atoms with van der Waals surface area (Å²) in [6, 6.07) is 13.0. The first-order chi connectivity index (χ1) is 11.8. The number of carbonyl (C=O) groups excluding carboxylic acids is 1. The molecule has 0 spiro atoms. The van der Waals surface area contributed by atoms with Crippen molar-refractivity contribution in [1.29, 1.82) is 0 Å². The van der Waals surface area contributed by atoms with Crippen LogP contribution in [0.4, 0.5) is 0 Å². The normalized spacial score (nSPS) is 14.5. The Morgan fingerprint density at radius 1 is 1.23 bits per heavy atom. The van der Waals surface area contributed by atoms with Crippen molar-refractivity contribution < 1.29 is 4.79 Å². The summed E-state index contributed by atoms with van der Waals surface area (Å²) in [7, 11) is 1.87. The van der Waals surface area contributed by atoms with Crippen LogP contribution in [0.2, 0.25) is 0 Å². The number of nitrogens with one attached hydrogen (secondary N) is 2. The van der Waals surface area contributed by atoms with Crippen LogP contribution >= 0.6 is 36.2 Å². The van der Waals surface area contributed by atoms with Gasteiger partial charge >= 0.3 is 0 Å². The molecule has 1 amide bonds. The minimum absolute atomic E-state index is 0. The van der Waals surface area contributed by atoms with Crippen molar-refractivity contribution in [3.05, 3.63) is 57.8 Å². The van der Waals surface area contributed by atoms with Gasteiger partial charge in [0.1, 0.15) is 0 Å². The van der Waals surface area contributed by atoms with Gasteiger partial charge in [-0.1, -0.05) is 30.3 Å². The smallest absolute Gasteiger partial charge is 0.221 e. The summed E-state index contributed by atoms with van der Waals surface area (Å²) < 4.78 is 0. The lowest BCUT2D eigenvalue weighted by Gasteiger charge is -2.35. The van der Waals surface area contributed by atoms with E-state index in [4.69, 9.17) is 0 Å². The first-order valence-electron chi connectivity index (χ1n) is 8.53. The largest absolute Gasteiger partial charge is 0.354 e. The molecule has 0 saturated heterocycles. The number of benzene rings is 1. The number of hydrogen-bond donors (Lipinski definition) is 2. The van der Waals surface area contributed by atoms with Crippen molar-refractivity contribution in [2.75, 3.05) is 26.7 Å². The number of halogens is 2. The quantitative estimate of drug-likeness (QED) is 0.727. The lowest BCUT2D eigenvalue weighted by atomic mass is 10.0. The summed E-state index contributed by atoms with van der Waals surface area (Å²) in [5.41, 5.74) is 2.71. The van der Waals surface area contributed by atoms with E-state index in [1.54, 1.807) is 0 Å². The zero-order valence-electron chi connectivity index (χ0n) is 14.9. The highest BCUT2D eigenvalue weighted by Gasteiger charge is 2.25. The zero-order valence-corrected chi connectivity index (χ0v) is 17.4. The molecule has 2 heterocycles. The molecule has 0 radical (unpaired) electrons. The fraction of sp³-hybridized carbons (Fsp3) is 0.421. The van der Waals surface area contributed by atoms with Gasteiger partial charge in [-0.15, -0.1) is 36.2 Å². The van der Waals surface area contributed by atoms with Crippen LogP contribution in [0.3, 0.4) is 0 Å².